The normalized spacial score (nSPS) is 27.8. The summed E-state index contributed by atoms with van der Waals surface area (Å²) in [6.07, 6.45) is 3.21. The first-order chi connectivity index (χ1) is 12.7. The minimum absolute atomic E-state index is 0.270. The Morgan fingerprint density at radius 3 is 2.58 bits per heavy atom. The Bertz CT molecular complexity index is 843. The van der Waals surface area contributed by atoms with E-state index in [4.69, 9.17) is 11.6 Å². The summed E-state index contributed by atoms with van der Waals surface area (Å²) in [5.74, 6) is 1.17. The maximum Gasteiger partial charge on any atom is 0.238 e. The maximum absolute atomic E-state index is 13.6. The molecule has 0 bridgehead atoms. The third-order valence-corrected chi connectivity index (χ3v) is 6.69. The molecule has 1 saturated carbocycles. The van der Waals surface area contributed by atoms with Crippen molar-refractivity contribution in [3.05, 3.63) is 64.7 Å². The molecule has 1 saturated heterocycles. The summed E-state index contributed by atoms with van der Waals surface area (Å²) >= 11 is 6.05. The summed E-state index contributed by atoms with van der Waals surface area (Å²) in [6.45, 7) is 2.98. The Balaban J connectivity index is 1.48. The van der Waals surface area contributed by atoms with Crippen molar-refractivity contribution in [1.82, 2.24) is 5.32 Å². The third kappa shape index (κ3) is 2.41. The van der Waals surface area contributed by atoms with Crippen LogP contribution in [-0.4, -0.2) is 25.5 Å². The van der Waals surface area contributed by atoms with Crippen LogP contribution in [0.1, 0.15) is 36.3 Å². The zero-order valence-electron chi connectivity index (χ0n) is 14.7. The highest BCUT2D eigenvalue weighted by atomic mass is 35.5. The van der Waals surface area contributed by atoms with E-state index in [2.05, 4.69) is 46.6 Å². The van der Waals surface area contributed by atoms with Crippen LogP contribution in [0.15, 0.2) is 48.5 Å². The molecule has 2 heterocycles. The smallest absolute Gasteiger partial charge is 0.238 e. The van der Waals surface area contributed by atoms with Crippen molar-refractivity contribution in [2.45, 2.75) is 30.6 Å². The molecular weight excluding hydrogens is 344 g/mol. The minimum Gasteiger partial charge on any atom is -0.317 e. The van der Waals surface area contributed by atoms with Crippen LogP contribution in [0.25, 0.3) is 0 Å². The maximum atomic E-state index is 13.6. The lowest BCUT2D eigenvalue weighted by atomic mass is 9.92. The van der Waals surface area contributed by atoms with Crippen LogP contribution in [-0.2, 0) is 10.2 Å². The number of fused-ring (bicyclic) bond motifs is 2. The van der Waals surface area contributed by atoms with Crippen molar-refractivity contribution < 1.29 is 4.79 Å². The second kappa shape index (κ2) is 6.11. The van der Waals surface area contributed by atoms with E-state index >= 15 is 0 Å². The SMILES string of the molecule is O=C1N(CC2CCNCC2)c2ccccc2[C@@]12C[C@@H]2c1ccc(Cl)cc1. The van der Waals surface area contributed by atoms with Crippen LogP contribution in [0.5, 0.6) is 0 Å². The molecule has 134 valence electrons. The highest BCUT2D eigenvalue weighted by molar-refractivity contribution is 6.30. The zero-order chi connectivity index (χ0) is 17.7. The number of hydrogen-bond acceptors (Lipinski definition) is 2. The third-order valence-electron chi connectivity index (χ3n) is 6.43. The van der Waals surface area contributed by atoms with Gasteiger partial charge in [-0.25, -0.2) is 0 Å². The molecule has 1 N–H and O–H groups in total. The number of nitrogens with zero attached hydrogens (tertiary/aromatic N) is 1. The van der Waals surface area contributed by atoms with E-state index in [1.807, 2.05) is 12.1 Å². The second-order valence-corrected chi connectivity index (χ2v) is 8.34. The Hall–Kier alpha value is -1.84. The Labute approximate surface area is 159 Å². The van der Waals surface area contributed by atoms with E-state index < -0.39 is 0 Å². The van der Waals surface area contributed by atoms with Gasteiger partial charge in [-0.1, -0.05) is 41.9 Å². The highest BCUT2D eigenvalue weighted by Crippen LogP contribution is 2.66. The van der Waals surface area contributed by atoms with Crippen molar-refractivity contribution >= 4 is 23.2 Å². The summed E-state index contributed by atoms with van der Waals surface area (Å²) in [4.78, 5) is 15.6. The fourth-order valence-corrected chi connectivity index (χ4v) is 5.08. The summed E-state index contributed by atoms with van der Waals surface area (Å²) in [5.41, 5.74) is 3.23. The van der Waals surface area contributed by atoms with E-state index in [9.17, 15) is 4.79 Å². The predicted molar refractivity (Wildman–Crippen MR) is 105 cm³/mol. The van der Waals surface area contributed by atoms with E-state index in [-0.39, 0.29) is 11.3 Å². The molecule has 0 radical (unpaired) electrons. The van der Waals surface area contributed by atoms with E-state index in [0.29, 0.717) is 11.8 Å². The fraction of sp³-hybridized carbons (Fsp3) is 0.409. The van der Waals surface area contributed by atoms with Crippen molar-refractivity contribution in [1.29, 1.82) is 0 Å². The molecule has 0 unspecified atom stereocenters. The van der Waals surface area contributed by atoms with Crippen molar-refractivity contribution in [3.63, 3.8) is 0 Å². The lowest BCUT2D eigenvalue weighted by Gasteiger charge is -2.28. The monoisotopic (exact) mass is 366 g/mol. The molecular formula is C22H23ClN2O. The Morgan fingerprint density at radius 2 is 1.81 bits per heavy atom. The number of piperidine rings is 1. The topological polar surface area (TPSA) is 32.3 Å². The van der Waals surface area contributed by atoms with E-state index in [0.717, 1.165) is 49.6 Å². The molecule has 3 aliphatic rings. The zero-order valence-corrected chi connectivity index (χ0v) is 15.5. The van der Waals surface area contributed by atoms with Crippen molar-refractivity contribution in [2.24, 2.45) is 5.92 Å². The van der Waals surface area contributed by atoms with Gasteiger partial charge >= 0.3 is 0 Å². The average Bonchev–Trinajstić information content (AvgIpc) is 3.39. The number of carbonyl (C=O) groups is 1. The van der Waals surface area contributed by atoms with Gasteiger partial charge in [0.05, 0.1) is 5.41 Å². The first-order valence-corrected chi connectivity index (χ1v) is 9.95. The van der Waals surface area contributed by atoms with E-state index in [1.165, 1.54) is 11.1 Å². The van der Waals surface area contributed by atoms with Gasteiger partial charge in [0.1, 0.15) is 0 Å². The Morgan fingerprint density at radius 1 is 1.08 bits per heavy atom. The van der Waals surface area contributed by atoms with Gasteiger partial charge < -0.3 is 10.2 Å². The first kappa shape index (κ1) is 16.3. The fourth-order valence-electron chi connectivity index (χ4n) is 4.95. The highest BCUT2D eigenvalue weighted by Gasteiger charge is 2.67. The molecule has 2 aromatic rings. The van der Waals surface area contributed by atoms with Gasteiger partial charge in [0, 0.05) is 23.2 Å². The summed E-state index contributed by atoms with van der Waals surface area (Å²) in [5, 5.41) is 4.16. The number of halogens is 1. The number of hydrogen-bond donors (Lipinski definition) is 1. The molecule has 1 amide bonds. The van der Waals surface area contributed by atoms with Gasteiger partial charge in [-0.3, -0.25) is 4.79 Å². The molecule has 1 spiro atoms. The number of carbonyl (C=O) groups excluding carboxylic acids is 1. The van der Waals surface area contributed by atoms with E-state index in [1.54, 1.807) is 0 Å². The van der Waals surface area contributed by atoms with Crippen LogP contribution in [0.3, 0.4) is 0 Å². The minimum atomic E-state index is -0.350. The summed E-state index contributed by atoms with van der Waals surface area (Å²) < 4.78 is 0. The number of benzene rings is 2. The number of para-hydroxylation sites is 1. The summed E-state index contributed by atoms with van der Waals surface area (Å²) in [6, 6.07) is 16.4. The van der Waals surface area contributed by atoms with Crippen LogP contribution >= 0.6 is 11.6 Å². The van der Waals surface area contributed by atoms with Crippen LogP contribution in [0.2, 0.25) is 5.02 Å². The quantitative estimate of drug-likeness (QED) is 0.886. The van der Waals surface area contributed by atoms with Gasteiger partial charge in [0.15, 0.2) is 0 Å². The number of nitrogens with one attached hydrogen (secondary N) is 1. The van der Waals surface area contributed by atoms with Gasteiger partial charge in [-0.15, -0.1) is 0 Å². The Kier molecular flexibility index (Phi) is 3.84. The number of amides is 1. The van der Waals surface area contributed by atoms with Crippen LogP contribution in [0, 0.1) is 5.92 Å². The van der Waals surface area contributed by atoms with Crippen LogP contribution in [0.4, 0.5) is 5.69 Å². The predicted octanol–water partition coefficient (Wildman–Crippen LogP) is 4.11. The largest absolute Gasteiger partial charge is 0.317 e. The average molecular weight is 367 g/mol. The van der Waals surface area contributed by atoms with Crippen molar-refractivity contribution in [2.75, 3.05) is 24.5 Å². The second-order valence-electron chi connectivity index (χ2n) is 7.91. The molecule has 5 rings (SSSR count). The molecule has 2 aliphatic heterocycles. The molecule has 4 heteroatoms. The molecule has 26 heavy (non-hydrogen) atoms. The number of anilines is 1. The standard InChI is InChI=1S/C22H23ClN2O/c23-17-7-5-16(6-8-17)19-13-22(19)18-3-1-2-4-20(18)25(21(22)26)14-15-9-11-24-12-10-15/h1-8,15,19,24H,9-14H2/t19-,22-/m1/s1. The molecule has 3 nitrogen and oxygen atoms in total. The van der Waals surface area contributed by atoms with Gasteiger partial charge in [-0.2, -0.15) is 0 Å². The van der Waals surface area contributed by atoms with Crippen LogP contribution < -0.4 is 10.2 Å². The molecule has 1 aliphatic carbocycles. The molecule has 2 fully saturated rings. The lowest BCUT2D eigenvalue weighted by molar-refractivity contribution is -0.120. The number of rotatable bonds is 3. The molecule has 2 aromatic carbocycles. The van der Waals surface area contributed by atoms with Gasteiger partial charge in [0.2, 0.25) is 5.91 Å². The van der Waals surface area contributed by atoms with Gasteiger partial charge in [-0.05, 0) is 67.6 Å². The lowest BCUT2D eigenvalue weighted by Crippen LogP contribution is -2.40. The van der Waals surface area contributed by atoms with Crippen molar-refractivity contribution in [3.8, 4) is 0 Å². The molecule has 0 aromatic heterocycles. The summed E-state index contributed by atoms with van der Waals surface area (Å²) in [7, 11) is 0. The first-order valence-electron chi connectivity index (χ1n) is 9.58. The molecule has 2 atom stereocenters. The van der Waals surface area contributed by atoms with Gasteiger partial charge in [0.25, 0.3) is 0 Å².